The fourth-order valence-electron chi connectivity index (χ4n) is 7.58. The molecule has 0 aromatic heterocycles. The summed E-state index contributed by atoms with van der Waals surface area (Å²) in [6.07, 6.45) is -9.29. The summed E-state index contributed by atoms with van der Waals surface area (Å²) in [7, 11) is 1.19. The monoisotopic (exact) mass is 900 g/mol. The van der Waals surface area contributed by atoms with E-state index in [1.807, 2.05) is 37.3 Å². The van der Waals surface area contributed by atoms with Crippen molar-refractivity contribution in [2.75, 3.05) is 38.9 Å². The molecular weight excluding hydrogens is 840 g/mol. The van der Waals surface area contributed by atoms with Gasteiger partial charge in [-0.25, -0.2) is 14.6 Å². The Bertz CT molecular complexity index is 2070. The first-order valence-electron chi connectivity index (χ1n) is 21.1. The average molecular weight is 901 g/mol. The highest BCUT2D eigenvalue weighted by Crippen LogP contribution is 2.47. The van der Waals surface area contributed by atoms with Crippen molar-refractivity contribution in [1.82, 2.24) is 5.32 Å². The molecule has 3 aromatic rings. The highest BCUT2D eigenvalue weighted by Gasteiger charge is 2.49. The number of rotatable bonds is 20. The summed E-state index contributed by atoms with van der Waals surface area (Å²) in [5.41, 5.74) is 6.63. The number of benzene rings is 3. The Morgan fingerprint density at radius 3 is 2.38 bits per heavy atom. The number of nitrogens with two attached hydrogens (primary N) is 1. The molecule has 0 amide bonds. The zero-order valence-electron chi connectivity index (χ0n) is 36.2. The maximum atomic E-state index is 13.5. The van der Waals surface area contributed by atoms with Crippen LogP contribution in [-0.4, -0.2) is 135 Å². The van der Waals surface area contributed by atoms with Gasteiger partial charge in [-0.15, -0.1) is 0 Å². The summed E-state index contributed by atoms with van der Waals surface area (Å²) in [6, 6.07) is 11.1. The predicted octanol–water partition coefficient (Wildman–Crippen LogP) is 2.21. The molecule has 64 heavy (non-hydrogen) atoms. The van der Waals surface area contributed by atoms with E-state index in [0.29, 0.717) is 43.7 Å². The molecule has 3 aromatic carbocycles. The van der Waals surface area contributed by atoms with Gasteiger partial charge in [-0.1, -0.05) is 44.2 Å². The van der Waals surface area contributed by atoms with Crippen LogP contribution in [0.1, 0.15) is 78.3 Å². The third-order valence-corrected chi connectivity index (χ3v) is 11.0. The summed E-state index contributed by atoms with van der Waals surface area (Å²) in [5, 5.41) is 92.0. The Morgan fingerprint density at radius 2 is 1.70 bits per heavy atom. The summed E-state index contributed by atoms with van der Waals surface area (Å²) in [5.74, 6) is -4.82. The topological polar surface area (TPSA) is 314 Å². The van der Waals surface area contributed by atoms with Crippen molar-refractivity contribution in [3.05, 3.63) is 64.7 Å². The molecule has 8 atom stereocenters. The number of aliphatic hydroxyl groups excluding tert-OH is 5. The lowest BCUT2D eigenvalue weighted by molar-refractivity contribution is -0.309. The van der Waals surface area contributed by atoms with Gasteiger partial charge in [-0.3, -0.25) is 0 Å². The maximum Gasteiger partial charge on any atom is 0.344 e. The minimum atomic E-state index is -2.39. The van der Waals surface area contributed by atoms with Crippen LogP contribution in [0.15, 0.2) is 47.5 Å². The van der Waals surface area contributed by atoms with E-state index in [1.165, 1.54) is 13.2 Å². The number of aliphatic hydroxyl groups is 5. The summed E-state index contributed by atoms with van der Waals surface area (Å²) in [6.45, 7) is 6.05. The van der Waals surface area contributed by atoms with Crippen molar-refractivity contribution >= 4 is 23.6 Å². The van der Waals surface area contributed by atoms with Crippen molar-refractivity contribution in [3.8, 4) is 34.5 Å². The zero-order chi connectivity index (χ0) is 46.7. The number of guanidine groups is 1. The molecule has 2 heterocycles. The Labute approximate surface area is 370 Å². The van der Waals surface area contributed by atoms with Gasteiger partial charge in [0.05, 0.1) is 25.0 Å². The highest BCUT2D eigenvalue weighted by molar-refractivity contribution is 5.97. The lowest BCUT2D eigenvalue weighted by Gasteiger charge is -2.41. The number of nitrogens with one attached hydrogen (secondary N) is 2. The van der Waals surface area contributed by atoms with E-state index in [2.05, 4.69) is 29.5 Å². The van der Waals surface area contributed by atoms with E-state index >= 15 is 0 Å². The van der Waals surface area contributed by atoms with Gasteiger partial charge in [0.2, 0.25) is 24.1 Å². The van der Waals surface area contributed by atoms with Crippen molar-refractivity contribution in [3.63, 3.8) is 0 Å². The van der Waals surface area contributed by atoms with Crippen molar-refractivity contribution < 1.29 is 78.9 Å². The fourth-order valence-corrected chi connectivity index (χ4v) is 7.58. The summed E-state index contributed by atoms with van der Waals surface area (Å²) < 4.78 is 34.1. The van der Waals surface area contributed by atoms with E-state index in [0.717, 1.165) is 18.1 Å². The van der Waals surface area contributed by atoms with E-state index < -0.39 is 78.5 Å². The number of carboxylic acids is 1. The van der Waals surface area contributed by atoms with Gasteiger partial charge in [0.1, 0.15) is 23.9 Å². The number of carbonyl (C=O) groups excluding carboxylic acids is 1. The molecule has 20 nitrogen and oxygen atoms in total. The van der Waals surface area contributed by atoms with Crippen LogP contribution in [0.2, 0.25) is 0 Å². The van der Waals surface area contributed by atoms with Crippen LogP contribution in [0, 0.1) is 11.8 Å². The molecule has 0 saturated carbocycles. The maximum absolute atomic E-state index is 13.5. The number of fused-ring (bicyclic) bond motifs is 1. The predicted molar refractivity (Wildman–Crippen MR) is 230 cm³/mol. The lowest BCUT2D eigenvalue weighted by Crippen LogP contribution is -2.62. The lowest BCUT2D eigenvalue weighted by atomic mass is 9.87. The number of esters is 1. The van der Waals surface area contributed by atoms with Gasteiger partial charge in [0.15, 0.2) is 41.8 Å². The number of aromatic carboxylic acids is 1. The number of carbonyl (C=O) groups is 2. The second-order valence-electron chi connectivity index (χ2n) is 16.0. The van der Waals surface area contributed by atoms with Crippen molar-refractivity contribution in [2.45, 2.75) is 102 Å². The third kappa shape index (κ3) is 12.1. The normalized spacial score (nSPS) is 22.7. The summed E-state index contributed by atoms with van der Waals surface area (Å²) >= 11 is 0. The molecule has 1 fully saturated rings. The molecular formula is C44H60N4O16. The Balaban J connectivity index is 1.43. The average Bonchev–Trinajstić information content (AvgIpc) is 3.41. The minimum absolute atomic E-state index is 0.000965. The zero-order valence-corrected chi connectivity index (χ0v) is 36.2. The molecule has 20 heteroatoms. The quantitative estimate of drug-likeness (QED) is 0.0255. The van der Waals surface area contributed by atoms with Crippen LogP contribution in [-0.2, 0) is 22.3 Å². The number of nitrogens with zero attached hydrogens (tertiary/aromatic N) is 1. The van der Waals surface area contributed by atoms with Crippen molar-refractivity contribution in [1.29, 1.82) is 0 Å². The number of unbranched alkanes of at least 4 members (excludes halogenated alkanes) is 1. The molecule has 1 saturated heterocycles. The van der Waals surface area contributed by atoms with E-state index in [9.17, 15) is 45.3 Å². The minimum Gasteiger partial charge on any atom is -0.504 e. The first-order chi connectivity index (χ1) is 30.6. The number of aromatic hydroxyl groups is 2. The molecule has 5 rings (SSSR count). The number of hydrogen-bond donors (Lipinski definition) is 11. The SMILES string of the molecule is COc1cc(C(=O)OC(O)C2OC(Oc3c(OCN=C(N)NCCCCO)cc(C(=O)O)c4c3CCC(CC(C)C)C(C)N4)C(O)C(O)C2O)c(O)c(OCCc2ccccc2)c1O. The number of phenolic OH excluding ortho intramolecular Hbond substituents is 2. The number of hydrogen-bond acceptors (Lipinski definition) is 17. The second-order valence-corrected chi connectivity index (χ2v) is 16.0. The fraction of sp³-hybridized carbons (Fsp3) is 0.523. The smallest absolute Gasteiger partial charge is 0.344 e. The van der Waals surface area contributed by atoms with Gasteiger partial charge in [-0.05, 0) is 56.4 Å². The third-order valence-electron chi connectivity index (χ3n) is 11.0. The van der Waals surface area contributed by atoms with Crippen LogP contribution in [0.4, 0.5) is 5.69 Å². The standard InChI is InChI=1S/C44H60N4O16/c1-22(2)18-25-12-13-26-31(48-23(25)3)27(40(55)56)19-30(61-21-47-44(45)46-15-8-9-16-49)37(26)62-43-36(54)34(52)35(53)39(63-43)42(58)64-41(57)28-20-29(59-4)33(51)38(32(28)50)60-17-14-24-10-6-5-7-11-24/h5-7,10-11,19-20,22-23,25,34-36,39,42-43,48-54,58H,8-9,12-18,21H2,1-4H3,(H,55,56)(H3,45,46,47). The van der Waals surface area contributed by atoms with Crippen LogP contribution in [0.25, 0.3) is 0 Å². The number of methoxy groups -OCH3 is 1. The Morgan fingerprint density at radius 1 is 0.984 bits per heavy atom. The van der Waals surface area contributed by atoms with Crippen LogP contribution < -0.4 is 35.3 Å². The highest BCUT2D eigenvalue weighted by atomic mass is 16.7. The molecule has 0 radical (unpaired) electrons. The molecule has 8 unspecified atom stereocenters. The number of ether oxygens (including phenoxy) is 6. The number of carboxylic acid groups (broad SMARTS) is 1. The molecule has 2 aliphatic heterocycles. The molecule has 12 N–H and O–H groups in total. The first kappa shape index (κ1) is 49.2. The summed E-state index contributed by atoms with van der Waals surface area (Å²) in [4.78, 5) is 30.4. The van der Waals surface area contributed by atoms with E-state index in [1.54, 1.807) is 0 Å². The van der Waals surface area contributed by atoms with Gasteiger partial charge in [-0.2, -0.15) is 0 Å². The molecule has 352 valence electrons. The van der Waals surface area contributed by atoms with E-state index in [4.69, 9.17) is 39.3 Å². The van der Waals surface area contributed by atoms with Gasteiger partial charge >= 0.3 is 11.9 Å². The molecule has 2 aliphatic rings. The number of anilines is 1. The van der Waals surface area contributed by atoms with Gasteiger partial charge < -0.3 is 85.6 Å². The Kier molecular flexibility index (Phi) is 17.5. The second kappa shape index (κ2) is 22.7. The van der Waals surface area contributed by atoms with Crippen LogP contribution >= 0.6 is 0 Å². The van der Waals surface area contributed by atoms with Gasteiger partial charge in [0, 0.05) is 43.3 Å². The number of aliphatic imine (C=N–C) groups is 1. The molecule has 0 aliphatic carbocycles. The van der Waals surface area contributed by atoms with Crippen LogP contribution in [0.3, 0.4) is 0 Å². The van der Waals surface area contributed by atoms with Crippen molar-refractivity contribution in [2.24, 2.45) is 22.6 Å². The number of phenols is 2. The first-order valence-corrected chi connectivity index (χ1v) is 21.1. The Hall–Kier alpha value is -5.77. The van der Waals surface area contributed by atoms with Gasteiger partial charge in [0.25, 0.3) is 0 Å². The molecule has 0 bridgehead atoms. The molecule has 0 spiro atoms. The largest absolute Gasteiger partial charge is 0.504 e. The van der Waals surface area contributed by atoms with E-state index in [-0.39, 0.29) is 66.1 Å². The van der Waals surface area contributed by atoms with Crippen LogP contribution in [0.5, 0.6) is 34.5 Å².